The number of aromatic nitrogens is 2. The molecular weight excluding hydrogens is 364 g/mol. The summed E-state index contributed by atoms with van der Waals surface area (Å²) in [6.45, 7) is 7.49. The first kappa shape index (κ1) is 19.6. The Hall–Kier alpha value is -2.19. The van der Waals surface area contributed by atoms with Crippen molar-refractivity contribution in [1.29, 1.82) is 0 Å². The number of rotatable bonds is 5. The van der Waals surface area contributed by atoms with Gasteiger partial charge in [-0.05, 0) is 51.0 Å². The van der Waals surface area contributed by atoms with Gasteiger partial charge in [0.2, 0.25) is 15.9 Å². The SMILES string of the molecule is CC(=O)N1c2ccc(S(=O)(=O)N(Cc3cnn(C)c3)C(C)C)cc2CC1C. The van der Waals surface area contributed by atoms with Crippen LogP contribution in [-0.4, -0.2) is 40.5 Å². The molecule has 1 unspecified atom stereocenters. The van der Waals surface area contributed by atoms with E-state index in [0.29, 0.717) is 6.42 Å². The predicted molar refractivity (Wildman–Crippen MR) is 104 cm³/mol. The van der Waals surface area contributed by atoms with E-state index in [-0.39, 0.29) is 29.4 Å². The number of nitrogens with zero attached hydrogens (tertiary/aromatic N) is 4. The van der Waals surface area contributed by atoms with Gasteiger partial charge in [0.15, 0.2) is 0 Å². The van der Waals surface area contributed by atoms with Crippen LogP contribution in [0.3, 0.4) is 0 Å². The van der Waals surface area contributed by atoms with Gasteiger partial charge in [0, 0.05) is 50.0 Å². The van der Waals surface area contributed by atoms with Crippen LogP contribution >= 0.6 is 0 Å². The van der Waals surface area contributed by atoms with Crippen LogP contribution in [0.5, 0.6) is 0 Å². The number of fused-ring (bicyclic) bond motifs is 1. The zero-order valence-corrected chi connectivity index (χ0v) is 17.2. The summed E-state index contributed by atoms with van der Waals surface area (Å²) in [6.07, 6.45) is 4.16. The topological polar surface area (TPSA) is 75.5 Å². The molecule has 27 heavy (non-hydrogen) atoms. The fraction of sp³-hybridized carbons (Fsp3) is 0.474. The molecule has 0 spiro atoms. The van der Waals surface area contributed by atoms with E-state index in [1.807, 2.05) is 27.0 Å². The fourth-order valence-corrected chi connectivity index (χ4v) is 5.34. The normalized spacial score (nSPS) is 17.0. The maximum Gasteiger partial charge on any atom is 0.243 e. The highest BCUT2D eigenvalue weighted by atomic mass is 32.2. The van der Waals surface area contributed by atoms with Gasteiger partial charge in [-0.3, -0.25) is 9.48 Å². The summed E-state index contributed by atoms with van der Waals surface area (Å²) in [5.74, 6) is -0.0303. The monoisotopic (exact) mass is 390 g/mol. The molecule has 2 heterocycles. The number of sulfonamides is 1. The number of hydrogen-bond donors (Lipinski definition) is 0. The molecule has 0 N–H and O–H groups in total. The van der Waals surface area contributed by atoms with Crippen molar-refractivity contribution in [2.75, 3.05) is 4.90 Å². The Labute approximate surface area is 160 Å². The maximum atomic E-state index is 13.3. The third kappa shape index (κ3) is 3.64. The summed E-state index contributed by atoms with van der Waals surface area (Å²) < 4.78 is 29.7. The van der Waals surface area contributed by atoms with E-state index in [4.69, 9.17) is 0 Å². The minimum Gasteiger partial charge on any atom is -0.309 e. The number of aryl methyl sites for hydroxylation is 1. The van der Waals surface area contributed by atoms with Crippen molar-refractivity contribution < 1.29 is 13.2 Å². The first-order chi connectivity index (χ1) is 12.6. The zero-order valence-electron chi connectivity index (χ0n) is 16.4. The lowest BCUT2D eigenvalue weighted by molar-refractivity contribution is -0.116. The molecular formula is C19H26N4O3S. The van der Waals surface area contributed by atoms with Gasteiger partial charge in [0.1, 0.15) is 0 Å². The van der Waals surface area contributed by atoms with Gasteiger partial charge in [-0.1, -0.05) is 0 Å². The Kier molecular flexibility index (Phi) is 5.14. The van der Waals surface area contributed by atoms with Crippen LogP contribution < -0.4 is 4.90 Å². The number of carbonyl (C=O) groups is 1. The number of benzene rings is 1. The maximum absolute atomic E-state index is 13.3. The molecule has 0 saturated heterocycles. The summed E-state index contributed by atoms with van der Waals surface area (Å²) in [7, 11) is -1.87. The van der Waals surface area contributed by atoms with Crippen LogP contribution in [0.25, 0.3) is 0 Å². The molecule has 0 aliphatic carbocycles. The van der Waals surface area contributed by atoms with Gasteiger partial charge in [0.25, 0.3) is 0 Å². The fourth-order valence-electron chi connectivity index (χ4n) is 3.66. The number of hydrogen-bond acceptors (Lipinski definition) is 4. The quantitative estimate of drug-likeness (QED) is 0.785. The molecule has 1 aliphatic rings. The number of anilines is 1. The highest BCUT2D eigenvalue weighted by Crippen LogP contribution is 2.35. The van der Waals surface area contributed by atoms with Crippen LogP contribution in [0.1, 0.15) is 38.8 Å². The average molecular weight is 391 g/mol. The van der Waals surface area contributed by atoms with Crippen molar-refractivity contribution >= 4 is 21.6 Å². The Morgan fingerprint density at radius 1 is 1.37 bits per heavy atom. The summed E-state index contributed by atoms with van der Waals surface area (Å²) in [5, 5.41) is 4.12. The Balaban J connectivity index is 1.96. The minimum absolute atomic E-state index is 0.0303. The summed E-state index contributed by atoms with van der Waals surface area (Å²) in [4.78, 5) is 13.9. The van der Waals surface area contributed by atoms with E-state index in [9.17, 15) is 13.2 Å². The highest BCUT2D eigenvalue weighted by Gasteiger charge is 2.32. The van der Waals surface area contributed by atoms with Crippen molar-refractivity contribution in [2.24, 2.45) is 7.05 Å². The van der Waals surface area contributed by atoms with Crippen LogP contribution in [0, 0.1) is 0 Å². The first-order valence-electron chi connectivity index (χ1n) is 9.03. The van der Waals surface area contributed by atoms with Crippen molar-refractivity contribution in [1.82, 2.24) is 14.1 Å². The first-order valence-corrected chi connectivity index (χ1v) is 10.5. The predicted octanol–water partition coefficient (Wildman–Crippen LogP) is 2.32. The van der Waals surface area contributed by atoms with Crippen molar-refractivity contribution in [2.45, 2.75) is 57.6 Å². The second kappa shape index (κ2) is 7.09. The molecule has 146 valence electrons. The molecule has 1 aromatic carbocycles. The summed E-state index contributed by atoms with van der Waals surface area (Å²) in [6, 6.07) is 4.89. The molecule has 0 bridgehead atoms. The van der Waals surface area contributed by atoms with E-state index in [2.05, 4.69) is 5.10 Å². The van der Waals surface area contributed by atoms with Crippen LogP contribution in [-0.2, 0) is 34.8 Å². The van der Waals surface area contributed by atoms with Gasteiger partial charge < -0.3 is 4.90 Å². The van der Waals surface area contributed by atoms with Crippen molar-refractivity contribution in [3.8, 4) is 0 Å². The molecule has 3 rings (SSSR count). The van der Waals surface area contributed by atoms with E-state index in [1.54, 1.807) is 41.0 Å². The second-order valence-corrected chi connectivity index (χ2v) is 9.29. The second-order valence-electron chi connectivity index (χ2n) is 7.40. The zero-order chi connectivity index (χ0) is 19.9. The van der Waals surface area contributed by atoms with Crippen molar-refractivity contribution in [3.05, 3.63) is 41.7 Å². The van der Waals surface area contributed by atoms with Gasteiger partial charge in [0.05, 0.1) is 11.1 Å². The van der Waals surface area contributed by atoms with Crippen LogP contribution in [0.15, 0.2) is 35.5 Å². The van der Waals surface area contributed by atoms with Crippen molar-refractivity contribution in [3.63, 3.8) is 0 Å². The molecule has 0 fully saturated rings. The summed E-state index contributed by atoms with van der Waals surface area (Å²) >= 11 is 0. The van der Waals surface area contributed by atoms with Crippen LogP contribution in [0.2, 0.25) is 0 Å². The molecule has 0 radical (unpaired) electrons. The minimum atomic E-state index is -3.67. The van der Waals surface area contributed by atoms with E-state index >= 15 is 0 Å². The number of carbonyl (C=O) groups excluding carboxylic acids is 1. The Morgan fingerprint density at radius 3 is 2.63 bits per heavy atom. The van der Waals surface area contributed by atoms with Gasteiger partial charge in [-0.25, -0.2) is 8.42 Å². The highest BCUT2D eigenvalue weighted by molar-refractivity contribution is 7.89. The van der Waals surface area contributed by atoms with Gasteiger partial charge in [-0.2, -0.15) is 9.40 Å². The third-order valence-electron chi connectivity index (χ3n) is 4.89. The largest absolute Gasteiger partial charge is 0.309 e. The lowest BCUT2D eigenvalue weighted by Gasteiger charge is -2.26. The standard InChI is InChI=1S/C19H26N4O3S/c1-13(2)22(12-16-10-20-21(5)11-16)27(25,26)18-6-7-19-17(9-18)8-14(3)23(19)15(4)24/h6-7,9-11,13-14H,8,12H2,1-5H3. The average Bonchev–Trinajstić information content (AvgIpc) is 3.13. The smallest absolute Gasteiger partial charge is 0.243 e. The number of amides is 1. The molecule has 1 aromatic heterocycles. The molecule has 0 saturated carbocycles. The molecule has 1 aliphatic heterocycles. The molecule has 1 amide bonds. The van der Waals surface area contributed by atoms with E-state index < -0.39 is 10.0 Å². The molecule has 2 aromatic rings. The Morgan fingerprint density at radius 2 is 2.07 bits per heavy atom. The summed E-state index contributed by atoms with van der Waals surface area (Å²) in [5.41, 5.74) is 2.54. The lowest BCUT2D eigenvalue weighted by atomic mass is 10.1. The third-order valence-corrected chi connectivity index (χ3v) is 6.90. The molecule has 7 nitrogen and oxygen atoms in total. The van der Waals surface area contributed by atoms with E-state index in [1.165, 1.54) is 11.2 Å². The van der Waals surface area contributed by atoms with Gasteiger partial charge in [-0.15, -0.1) is 0 Å². The van der Waals surface area contributed by atoms with Crippen LogP contribution in [0.4, 0.5) is 5.69 Å². The molecule has 8 heteroatoms. The lowest BCUT2D eigenvalue weighted by Crippen LogP contribution is -2.36. The van der Waals surface area contributed by atoms with E-state index in [0.717, 1.165) is 16.8 Å². The molecule has 1 atom stereocenters. The van der Waals surface area contributed by atoms with Gasteiger partial charge >= 0.3 is 0 Å². The Bertz CT molecular complexity index is 965.